The van der Waals surface area contributed by atoms with E-state index in [1.54, 1.807) is 0 Å². The van der Waals surface area contributed by atoms with Crippen LogP contribution in [0.2, 0.25) is 0 Å². The van der Waals surface area contributed by atoms with Crippen molar-refractivity contribution in [1.82, 2.24) is 0 Å². The highest BCUT2D eigenvalue weighted by Gasteiger charge is 2.20. The molecule has 0 radical (unpaired) electrons. The average molecular weight is 338 g/mol. The van der Waals surface area contributed by atoms with Gasteiger partial charge in [-0.1, -0.05) is 28.1 Å². The van der Waals surface area contributed by atoms with Gasteiger partial charge in [-0.2, -0.15) is 0 Å². The van der Waals surface area contributed by atoms with Gasteiger partial charge in [-0.3, -0.25) is 4.79 Å². The Hall–Kier alpha value is -1.59. The smallest absolute Gasteiger partial charge is 0.275 e. The minimum absolute atomic E-state index is 0.240. The number of furan rings is 1. The molecule has 0 saturated heterocycles. The van der Waals surface area contributed by atoms with Crippen molar-refractivity contribution in [3.63, 3.8) is 0 Å². The van der Waals surface area contributed by atoms with Gasteiger partial charge in [0.2, 0.25) is 0 Å². The molecule has 0 aliphatic carbocycles. The van der Waals surface area contributed by atoms with Crippen molar-refractivity contribution in [3.05, 3.63) is 46.6 Å². The van der Waals surface area contributed by atoms with Crippen LogP contribution >= 0.6 is 15.9 Å². The molecular weight excluding hydrogens is 320 g/mol. The van der Waals surface area contributed by atoms with Gasteiger partial charge in [0.1, 0.15) is 12.3 Å². The molecule has 1 heterocycles. The Balaban J connectivity index is 2.09. The standard InChI is InChI=1S/C15H17BrN2O2/c1-10(15(17)19)18(2)9-13-7-8-14(20-13)11-3-5-12(16)6-4-11/h3-8,10H,9H2,1-2H3,(H2,17,19)/p+1/t10-/m1/s1. The zero-order valence-corrected chi connectivity index (χ0v) is 13.1. The number of carbonyl (C=O) groups is 1. The number of benzene rings is 1. The first kappa shape index (κ1) is 14.8. The summed E-state index contributed by atoms with van der Waals surface area (Å²) in [5.74, 6) is 1.36. The summed E-state index contributed by atoms with van der Waals surface area (Å²) in [4.78, 5) is 12.2. The lowest BCUT2D eigenvalue weighted by Gasteiger charge is -2.17. The Morgan fingerprint density at radius 1 is 1.30 bits per heavy atom. The van der Waals surface area contributed by atoms with Gasteiger partial charge >= 0.3 is 0 Å². The van der Waals surface area contributed by atoms with Gasteiger partial charge in [-0.15, -0.1) is 0 Å². The second-order valence-corrected chi connectivity index (χ2v) is 5.84. The molecular formula is C15H18BrN2O2+. The first-order valence-corrected chi connectivity index (χ1v) is 7.23. The molecule has 2 aromatic rings. The molecule has 0 bridgehead atoms. The third-order valence-corrected chi connectivity index (χ3v) is 3.94. The van der Waals surface area contributed by atoms with Gasteiger partial charge in [0, 0.05) is 10.0 Å². The van der Waals surface area contributed by atoms with Crippen LogP contribution in [-0.4, -0.2) is 19.0 Å². The van der Waals surface area contributed by atoms with E-state index < -0.39 is 0 Å². The molecule has 1 aromatic carbocycles. The summed E-state index contributed by atoms with van der Waals surface area (Å²) in [5, 5.41) is 0. The molecule has 0 fully saturated rings. The molecule has 1 aromatic heterocycles. The normalized spacial score (nSPS) is 13.9. The highest BCUT2D eigenvalue weighted by atomic mass is 79.9. The van der Waals surface area contributed by atoms with Crippen LogP contribution in [0, 0.1) is 0 Å². The van der Waals surface area contributed by atoms with E-state index in [4.69, 9.17) is 10.2 Å². The van der Waals surface area contributed by atoms with Crippen LogP contribution in [0.25, 0.3) is 11.3 Å². The van der Waals surface area contributed by atoms with Crippen molar-refractivity contribution >= 4 is 21.8 Å². The first-order chi connectivity index (χ1) is 9.47. The van der Waals surface area contributed by atoms with Crippen LogP contribution in [0.15, 0.2) is 45.3 Å². The van der Waals surface area contributed by atoms with E-state index in [2.05, 4.69) is 15.9 Å². The Morgan fingerprint density at radius 2 is 1.95 bits per heavy atom. The second-order valence-electron chi connectivity index (χ2n) is 4.92. The van der Waals surface area contributed by atoms with Gasteiger partial charge in [0.25, 0.3) is 5.91 Å². The minimum atomic E-state index is -0.304. The predicted molar refractivity (Wildman–Crippen MR) is 81.1 cm³/mol. The summed E-state index contributed by atoms with van der Waals surface area (Å²) in [7, 11) is 1.93. The highest BCUT2D eigenvalue weighted by molar-refractivity contribution is 9.10. The molecule has 5 heteroatoms. The zero-order valence-electron chi connectivity index (χ0n) is 11.5. The summed E-state index contributed by atoms with van der Waals surface area (Å²) in [6.07, 6.45) is 0. The van der Waals surface area contributed by atoms with Crippen molar-refractivity contribution in [2.24, 2.45) is 5.73 Å². The monoisotopic (exact) mass is 337 g/mol. The van der Waals surface area contributed by atoms with E-state index in [-0.39, 0.29) is 11.9 Å². The van der Waals surface area contributed by atoms with Crippen LogP contribution in [-0.2, 0) is 11.3 Å². The molecule has 4 nitrogen and oxygen atoms in total. The predicted octanol–water partition coefficient (Wildman–Crippen LogP) is 1.60. The zero-order chi connectivity index (χ0) is 14.7. The van der Waals surface area contributed by atoms with Crippen LogP contribution in [0.3, 0.4) is 0 Å². The van der Waals surface area contributed by atoms with Crippen molar-refractivity contribution < 1.29 is 14.1 Å². The third kappa shape index (κ3) is 3.49. The number of nitrogens with two attached hydrogens (primary N) is 1. The van der Waals surface area contributed by atoms with Crippen molar-refractivity contribution in [2.75, 3.05) is 7.05 Å². The lowest BCUT2D eigenvalue weighted by molar-refractivity contribution is -0.908. The molecule has 1 unspecified atom stereocenters. The first-order valence-electron chi connectivity index (χ1n) is 6.43. The van der Waals surface area contributed by atoms with Crippen LogP contribution in [0.1, 0.15) is 12.7 Å². The summed E-state index contributed by atoms with van der Waals surface area (Å²) in [6.45, 7) is 2.44. The Morgan fingerprint density at radius 3 is 2.55 bits per heavy atom. The largest absolute Gasteiger partial charge is 0.455 e. The Kier molecular flexibility index (Phi) is 4.62. The summed E-state index contributed by atoms with van der Waals surface area (Å²) >= 11 is 3.41. The van der Waals surface area contributed by atoms with Gasteiger partial charge < -0.3 is 15.1 Å². The number of primary amides is 1. The number of nitrogens with one attached hydrogen (secondary N) is 1. The van der Waals surface area contributed by atoms with E-state index in [0.717, 1.165) is 26.5 Å². The molecule has 1 amide bonds. The number of rotatable bonds is 5. The number of quaternary nitrogens is 1. The fourth-order valence-corrected chi connectivity index (χ4v) is 2.18. The van der Waals surface area contributed by atoms with Gasteiger partial charge in [0.15, 0.2) is 11.8 Å². The molecule has 20 heavy (non-hydrogen) atoms. The lowest BCUT2D eigenvalue weighted by atomic mass is 10.2. The maximum Gasteiger partial charge on any atom is 0.275 e. The summed E-state index contributed by atoms with van der Waals surface area (Å²) in [6, 6.07) is 11.6. The maximum absolute atomic E-state index is 11.2. The van der Waals surface area contributed by atoms with Gasteiger partial charge in [-0.05, 0) is 31.2 Å². The van der Waals surface area contributed by atoms with E-state index in [1.165, 1.54) is 0 Å². The van der Waals surface area contributed by atoms with Crippen LogP contribution in [0.4, 0.5) is 0 Å². The second kappa shape index (κ2) is 6.24. The number of halogens is 1. The van der Waals surface area contributed by atoms with Crippen molar-refractivity contribution in [2.45, 2.75) is 19.5 Å². The van der Waals surface area contributed by atoms with Crippen molar-refractivity contribution in [3.8, 4) is 11.3 Å². The van der Waals surface area contributed by atoms with Gasteiger partial charge in [-0.25, -0.2) is 0 Å². The number of likely N-dealkylation sites (N-methyl/N-ethyl adjacent to an activating group) is 1. The average Bonchev–Trinajstić information content (AvgIpc) is 2.87. The molecule has 2 atom stereocenters. The fourth-order valence-electron chi connectivity index (χ4n) is 1.91. The van der Waals surface area contributed by atoms with E-state index >= 15 is 0 Å². The van der Waals surface area contributed by atoms with E-state index in [9.17, 15) is 4.79 Å². The van der Waals surface area contributed by atoms with E-state index in [0.29, 0.717) is 6.54 Å². The number of carbonyl (C=O) groups excluding carboxylic acids is 1. The topological polar surface area (TPSA) is 60.7 Å². The number of amides is 1. The quantitative estimate of drug-likeness (QED) is 0.870. The fraction of sp³-hybridized carbons (Fsp3) is 0.267. The molecule has 2 rings (SSSR count). The van der Waals surface area contributed by atoms with Gasteiger partial charge in [0.05, 0.1) is 7.05 Å². The molecule has 3 N–H and O–H groups in total. The highest BCUT2D eigenvalue weighted by Crippen LogP contribution is 2.23. The lowest BCUT2D eigenvalue weighted by Crippen LogP contribution is -3.12. The summed E-state index contributed by atoms with van der Waals surface area (Å²) in [5.41, 5.74) is 6.33. The number of hydrogen-bond acceptors (Lipinski definition) is 2. The van der Waals surface area contributed by atoms with Crippen molar-refractivity contribution in [1.29, 1.82) is 0 Å². The minimum Gasteiger partial charge on any atom is -0.455 e. The molecule has 0 aliphatic rings. The Bertz CT molecular complexity index is 592. The van der Waals surface area contributed by atoms with E-state index in [1.807, 2.05) is 50.4 Å². The third-order valence-electron chi connectivity index (χ3n) is 3.41. The molecule has 106 valence electrons. The number of hydrogen-bond donors (Lipinski definition) is 2. The maximum atomic E-state index is 11.2. The molecule has 0 aliphatic heterocycles. The molecule has 0 saturated carbocycles. The van der Waals surface area contributed by atoms with Crippen LogP contribution in [0.5, 0.6) is 0 Å². The summed E-state index contributed by atoms with van der Waals surface area (Å²) < 4.78 is 6.86. The molecule has 0 spiro atoms. The van der Waals surface area contributed by atoms with Crippen LogP contribution < -0.4 is 10.6 Å². The SMILES string of the molecule is C[C@H](C(N)=O)[NH+](C)Cc1ccc(-c2ccc(Br)cc2)o1. The Labute approximate surface area is 126 Å².